The zero-order valence-electron chi connectivity index (χ0n) is 16.3. The summed E-state index contributed by atoms with van der Waals surface area (Å²) >= 11 is 6.21. The number of aryl methyl sites for hydroxylation is 3. The Kier molecular flexibility index (Phi) is 6.32. The van der Waals surface area contributed by atoms with Gasteiger partial charge in [0.15, 0.2) is 6.61 Å². The molecule has 3 aromatic rings. The van der Waals surface area contributed by atoms with Crippen molar-refractivity contribution < 1.29 is 9.53 Å². The highest BCUT2D eigenvalue weighted by Crippen LogP contribution is 2.26. The number of carbonyl (C=O) groups excluding carboxylic acids is 1. The van der Waals surface area contributed by atoms with Gasteiger partial charge in [0, 0.05) is 11.2 Å². The molecule has 0 saturated heterocycles. The van der Waals surface area contributed by atoms with E-state index in [2.05, 4.69) is 4.98 Å². The van der Waals surface area contributed by atoms with E-state index >= 15 is 0 Å². The van der Waals surface area contributed by atoms with Crippen LogP contribution in [0.25, 0.3) is 0 Å². The van der Waals surface area contributed by atoms with Gasteiger partial charge in [-0.3, -0.25) is 9.69 Å². The Morgan fingerprint density at radius 1 is 1.04 bits per heavy atom. The van der Waals surface area contributed by atoms with Gasteiger partial charge in [0.2, 0.25) is 0 Å². The third-order valence-electron chi connectivity index (χ3n) is 4.46. The van der Waals surface area contributed by atoms with Crippen molar-refractivity contribution in [1.29, 1.82) is 0 Å². The molecule has 0 aliphatic carbocycles. The molecule has 0 N–H and O–H groups in total. The van der Waals surface area contributed by atoms with Crippen molar-refractivity contribution in [2.24, 2.45) is 0 Å². The zero-order chi connectivity index (χ0) is 20.1. The second-order valence-corrected chi connectivity index (χ2v) is 7.19. The topological polar surface area (TPSA) is 42.4 Å². The maximum atomic E-state index is 13.0. The number of rotatable bonds is 6. The molecule has 1 amide bonds. The minimum atomic E-state index is -0.162. The maximum absolute atomic E-state index is 13.0. The van der Waals surface area contributed by atoms with Crippen LogP contribution in [0.4, 0.5) is 5.82 Å². The molecule has 0 radical (unpaired) electrons. The molecule has 5 heteroatoms. The van der Waals surface area contributed by atoms with E-state index < -0.39 is 0 Å². The molecule has 144 valence electrons. The van der Waals surface area contributed by atoms with E-state index in [-0.39, 0.29) is 12.5 Å². The molecule has 0 spiro atoms. The largest absolute Gasteiger partial charge is 0.484 e. The van der Waals surface area contributed by atoms with Crippen LogP contribution in [-0.4, -0.2) is 17.5 Å². The number of halogens is 1. The predicted octanol–water partition coefficient (Wildman–Crippen LogP) is 5.27. The van der Waals surface area contributed by atoms with Crippen molar-refractivity contribution in [1.82, 2.24) is 4.98 Å². The normalized spacial score (nSPS) is 10.6. The Bertz CT molecular complexity index is 933. The third kappa shape index (κ3) is 4.90. The number of amides is 1. The fraction of sp³-hybridized carbons (Fsp3) is 0.217. The highest BCUT2D eigenvalue weighted by Gasteiger charge is 2.18. The molecule has 2 aromatic carbocycles. The summed E-state index contributed by atoms with van der Waals surface area (Å²) in [6.45, 7) is 6.22. The molecular formula is C23H23ClN2O2. The highest BCUT2D eigenvalue weighted by atomic mass is 35.5. The van der Waals surface area contributed by atoms with E-state index in [4.69, 9.17) is 16.3 Å². The lowest BCUT2D eigenvalue weighted by Gasteiger charge is -2.22. The van der Waals surface area contributed by atoms with Crippen LogP contribution >= 0.6 is 11.6 Å². The minimum absolute atomic E-state index is 0.0804. The van der Waals surface area contributed by atoms with Crippen molar-refractivity contribution in [2.75, 3.05) is 11.5 Å². The van der Waals surface area contributed by atoms with E-state index in [9.17, 15) is 4.79 Å². The summed E-state index contributed by atoms with van der Waals surface area (Å²) in [4.78, 5) is 18.9. The van der Waals surface area contributed by atoms with Crippen LogP contribution < -0.4 is 9.64 Å². The van der Waals surface area contributed by atoms with Crippen molar-refractivity contribution in [3.05, 3.63) is 88.1 Å². The summed E-state index contributed by atoms with van der Waals surface area (Å²) in [7, 11) is 0. The average Bonchev–Trinajstić information content (AvgIpc) is 2.70. The van der Waals surface area contributed by atoms with E-state index in [1.54, 1.807) is 11.1 Å². The van der Waals surface area contributed by atoms with Gasteiger partial charge >= 0.3 is 0 Å². The number of hydrogen-bond donors (Lipinski definition) is 0. The molecule has 0 aliphatic heterocycles. The molecule has 0 unspecified atom stereocenters. The molecule has 1 heterocycles. The lowest BCUT2D eigenvalue weighted by atomic mass is 10.1. The van der Waals surface area contributed by atoms with Crippen LogP contribution in [-0.2, 0) is 11.3 Å². The molecule has 0 aliphatic rings. The molecular weight excluding hydrogens is 372 g/mol. The van der Waals surface area contributed by atoms with Gasteiger partial charge in [-0.15, -0.1) is 0 Å². The molecule has 1 aromatic heterocycles. The maximum Gasteiger partial charge on any atom is 0.266 e. The van der Waals surface area contributed by atoms with Gasteiger partial charge in [0.05, 0.1) is 6.54 Å². The minimum Gasteiger partial charge on any atom is -0.484 e. The Labute approximate surface area is 170 Å². The smallest absolute Gasteiger partial charge is 0.266 e. The zero-order valence-corrected chi connectivity index (χ0v) is 17.0. The van der Waals surface area contributed by atoms with Gasteiger partial charge in [-0.25, -0.2) is 4.98 Å². The summed E-state index contributed by atoms with van der Waals surface area (Å²) in [5.74, 6) is 1.06. The quantitative estimate of drug-likeness (QED) is 0.571. The lowest BCUT2D eigenvalue weighted by Crippen LogP contribution is -2.35. The monoisotopic (exact) mass is 394 g/mol. The first-order chi connectivity index (χ1) is 13.4. The average molecular weight is 395 g/mol. The second kappa shape index (κ2) is 8.89. The molecule has 3 rings (SSSR count). The van der Waals surface area contributed by atoms with Gasteiger partial charge in [0.25, 0.3) is 5.91 Å². The van der Waals surface area contributed by atoms with Crippen molar-refractivity contribution in [3.8, 4) is 5.75 Å². The van der Waals surface area contributed by atoms with Gasteiger partial charge in [-0.2, -0.15) is 0 Å². The molecule has 28 heavy (non-hydrogen) atoms. The van der Waals surface area contributed by atoms with Crippen LogP contribution in [0.5, 0.6) is 5.75 Å². The summed E-state index contributed by atoms with van der Waals surface area (Å²) < 4.78 is 5.77. The van der Waals surface area contributed by atoms with Crippen LogP contribution in [0, 0.1) is 20.8 Å². The summed E-state index contributed by atoms with van der Waals surface area (Å²) in [5, 5.41) is 0.716. The van der Waals surface area contributed by atoms with Gasteiger partial charge in [-0.05, 0) is 61.7 Å². The van der Waals surface area contributed by atoms with E-state index in [1.165, 1.54) is 5.56 Å². The summed E-state index contributed by atoms with van der Waals surface area (Å²) in [5.41, 5.74) is 4.05. The third-order valence-corrected chi connectivity index (χ3v) is 5.06. The van der Waals surface area contributed by atoms with E-state index in [0.717, 1.165) is 16.7 Å². The molecule has 0 bridgehead atoms. The molecule has 4 nitrogen and oxygen atoms in total. The van der Waals surface area contributed by atoms with Crippen LogP contribution in [0.3, 0.4) is 0 Å². The SMILES string of the molecule is Cc1ccc(CN(C(=O)COc2cc(C)c(Cl)c(C)c2)c2ccccn2)cc1. The summed E-state index contributed by atoms with van der Waals surface area (Å²) in [6, 6.07) is 17.3. The molecule has 0 fully saturated rings. The van der Waals surface area contributed by atoms with Gasteiger partial charge in [0.1, 0.15) is 11.6 Å². The number of ether oxygens (including phenoxy) is 1. The Morgan fingerprint density at radius 2 is 1.71 bits per heavy atom. The van der Waals surface area contributed by atoms with Crippen molar-refractivity contribution in [3.63, 3.8) is 0 Å². The number of hydrogen-bond acceptors (Lipinski definition) is 3. The van der Waals surface area contributed by atoms with Crippen LogP contribution in [0.15, 0.2) is 60.8 Å². The van der Waals surface area contributed by atoms with Gasteiger partial charge < -0.3 is 4.74 Å². The first-order valence-corrected chi connectivity index (χ1v) is 9.48. The Hall–Kier alpha value is -2.85. The highest BCUT2D eigenvalue weighted by molar-refractivity contribution is 6.32. The summed E-state index contributed by atoms with van der Waals surface area (Å²) in [6.07, 6.45) is 1.68. The fourth-order valence-corrected chi connectivity index (χ4v) is 3.01. The van der Waals surface area contributed by atoms with Crippen molar-refractivity contribution in [2.45, 2.75) is 27.3 Å². The second-order valence-electron chi connectivity index (χ2n) is 6.81. The van der Waals surface area contributed by atoms with Crippen LogP contribution in [0.1, 0.15) is 22.3 Å². The standard InChI is InChI=1S/C23H23ClN2O2/c1-16-7-9-19(10-8-16)14-26(21-6-4-5-11-25-21)22(27)15-28-20-12-17(2)23(24)18(3)13-20/h4-13H,14-15H2,1-3H3. The fourth-order valence-electron chi connectivity index (χ4n) is 2.90. The number of benzene rings is 2. The predicted molar refractivity (Wildman–Crippen MR) is 113 cm³/mol. The number of nitrogens with zero attached hydrogens (tertiary/aromatic N) is 2. The number of anilines is 1. The Morgan fingerprint density at radius 3 is 2.32 bits per heavy atom. The number of carbonyl (C=O) groups is 1. The van der Waals surface area contributed by atoms with E-state index in [1.807, 2.05) is 75.4 Å². The van der Waals surface area contributed by atoms with Crippen LogP contribution in [0.2, 0.25) is 5.02 Å². The Balaban J connectivity index is 1.77. The van der Waals surface area contributed by atoms with E-state index in [0.29, 0.717) is 23.1 Å². The van der Waals surface area contributed by atoms with Gasteiger partial charge in [-0.1, -0.05) is 47.5 Å². The first-order valence-electron chi connectivity index (χ1n) is 9.10. The number of pyridine rings is 1. The molecule has 0 saturated carbocycles. The van der Waals surface area contributed by atoms with Crippen molar-refractivity contribution >= 4 is 23.3 Å². The molecule has 0 atom stereocenters. The lowest BCUT2D eigenvalue weighted by molar-refractivity contribution is -0.120. The number of aromatic nitrogens is 1. The first kappa shape index (κ1) is 19.9.